The van der Waals surface area contributed by atoms with Crippen LogP contribution >= 0.6 is 0 Å². The summed E-state index contributed by atoms with van der Waals surface area (Å²) in [7, 11) is 1.32. The Morgan fingerprint density at radius 3 is 2.13 bits per heavy atom. The summed E-state index contributed by atoms with van der Waals surface area (Å²) in [5.41, 5.74) is 0.398. The number of carboxylic acids is 1. The zero-order valence-corrected chi connectivity index (χ0v) is 20.4. The normalized spacial score (nSPS) is 14.0. The van der Waals surface area contributed by atoms with Gasteiger partial charge in [-0.1, -0.05) is 97.6 Å². The maximum absolute atomic E-state index is 11.8. The van der Waals surface area contributed by atoms with Crippen LogP contribution in [0.5, 0.6) is 0 Å². The zero-order valence-electron chi connectivity index (χ0n) is 20.4. The van der Waals surface area contributed by atoms with Gasteiger partial charge in [0.05, 0.1) is 19.4 Å². The predicted molar refractivity (Wildman–Crippen MR) is 126 cm³/mol. The second-order valence-corrected chi connectivity index (χ2v) is 9.89. The first-order valence-electron chi connectivity index (χ1n) is 12.2. The molecule has 0 aromatic heterocycles. The van der Waals surface area contributed by atoms with E-state index in [-0.39, 0.29) is 12.3 Å². The van der Waals surface area contributed by atoms with Crippen molar-refractivity contribution in [1.29, 1.82) is 0 Å². The number of carboxylic acid groups (broad SMARTS) is 1. The Morgan fingerprint density at radius 1 is 0.933 bits per heavy atom. The second kappa shape index (κ2) is 17.4. The highest BCUT2D eigenvalue weighted by Crippen LogP contribution is 2.27. The summed E-state index contributed by atoms with van der Waals surface area (Å²) in [5.74, 6) is -2.15. The number of ether oxygens (including phenoxy) is 1. The smallest absolute Gasteiger partial charge is 0.307 e. The largest absolute Gasteiger partial charge is 0.481 e. The van der Waals surface area contributed by atoms with Gasteiger partial charge in [-0.25, -0.2) is 0 Å². The van der Waals surface area contributed by atoms with Crippen molar-refractivity contribution < 1.29 is 19.4 Å². The van der Waals surface area contributed by atoms with E-state index in [1.54, 1.807) is 0 Å². The molecule has 0 rings (SSSR count). The van der Waals surface area contributed by atoms with Crippen LogP contribution in [0.3, 0.4) is 0 Å². The number of esters is 1. The molecule has 0 aromatic rings. The molecular formula is C26H48O4. The lowest BCUT2D eigenvalue weighted by atomic mass is 9.84. The molecule has 0 bridgehead atoms. The van der Waals surface area contributed by atoms with Gasteiger partial charge in [0.25, 0.3) is 0 Å². The van der Waals surface area contributed by atoms with Crippen LogP contribution in [0.25, 0.3) is 0 Å². The van der Waals surface area contributed by atoms with Crippen LogP contribution in [0.4, 0.5) is 0 Å². The van der Waals surface area contributed by atoms with Gasteiger partial charge in [-0.15, -0.1) is 0 Å². The van der Waals surface area contributed by atoms with Gasteiger partial charge < -0.3 is 9.84 Å². The summed E-state index contributed by atoms with van der Waals surface area (Å²) in [6, 6.07) is 0. The molecule has 0 amide bonds. The van der Waals surface area contributed by atoms with Gasteiger partial charge in [0.15, 0.2) is 0 Å². The van der Waals surface area contributed by atoms with Crippen LogP contribution in [-0.4, -0.2) is 24.2 Å². The molecule has 4 heteroatoms. The van der Waals surface area contributed by atoms with Gasteiger partial charge in [-0.05, 0) is 37.0 Å². The average molecular weight is 425 g/mol. The third-order valence-electron chi connectivity index (χ3n) is 5.77. The molecule has 0 aliphatic heterocycles. The van der Waals surface area contributed by atoms with E-state index >= 15 is 0 Å². The van der Waals surface area contributed by atoms with Crippen molar-refractivity contribution in [1.82, 2.24) is 0 Å². The fraction of sp³-hybridized carbons (Fsp3) is 0.846. The summed E-state index contributed by atoms with van der Waals surface area (Å²) in [5, 5.41) is 9.70. The van der Waals surface area contributed by atoms with Crippen molar-refractivity contribution in [3.63, 3.8) is 0 Å². The van der Waals surface area contributed by atoms with Gasteiger partial charge in [0.2, 0.25) is 0 Å². The number of rotatable bonds is 18. The maximum Gasteiger partial charge on any atom is 0.307 e. The van der Waals surface area contributed by atoms with Crippen LogP contribution in [0.15, 0.2) is 12.2 Å². The summed E-state index contributed by atoms with van der Waals surface area (Å²) in [4.78, 5) is 23.6. The molecule has 0 radical (unpaired) electrons. The lowest BCUT2D eigenvalue weighted by Crippen LogP contribution is -2.26. The highest BCUT2D eigenvalue weighted by atomic mass is 16.5. The molecule has 0 aliphatic rings. The lowest BCUT2D eigenvalue weighted by Gasteiger charge is -2.20. The number of allylic oxidation sites excluding steroid dienone is 2. The second-order valence-electron chi connectivity index (χ2n) is 9.89. The van der Waals surface area contributed by atoms with Gasteiger partial charge in [-0.2, -0.15) is 0 Å². The maximum atomic E-state index is 11.8. The summed E-state index contributed by atoms with van der Waals surface area (Å²) in [6.07, 6.45) is 19.2. The van der Waals surface area contributed by atoms with Gasteiger partial charge in [0, 0.05) is 0 Å². The molecule has 0 spiro atoms. The summed E-state index contributed by atoms with van der Waals surface area (Å²) in [6.45, 7) is 9.05. The minimum atomic E-state index is -0.900. The van der Waals surface area contributed by atoms with Crippen LogP contribution in [0, 0.1) is 17.3 Å². The van der Waals surface area contributed by atoms with Gasteiger partial charge in [0.1, 0.15) is 0 Å². The van der Waals surface area contributed by atoms with E-state index in [9.17, 15) is 14.7 Å². The van der Waals surface area contributed by atoms with Crippen LogP contribution < -0.4 is 0 Å². The number of hydrogen-bond acceptors (Lipinski definition) is 3. The number of unbranched alkanes of at least 4 members (excludes halogenated alkanes) is 9. The van der Waals surface area contributed by atoms with E-state index in [4.69, 9.17) is 4.74 Å². The molecule has 4 nitrogen and oxygen atoms in total. The molecule has 0 fully saturated rings. The Bertz CT molecular complexity index is 476. The fourth-order valence-corrected chi connectivity index (χ4v) is 3.82. The van der Waals surface area contributed by atoms with Crippen molar-refractivity contribution >= 4 is 11.9 Å². The molecule has 176 valence electrons. The highest BCUT2D eigenvalue weighted by molar-refractivity contribution is 5.79. The standard InChI is InChI=1S/C26H48O4/c1-6-7-8-9-10-12-15-18-22(23(25(28)29)21-24(27)30-5)19-16-13-11-14-17-20-26(2,3)4/h15,18,22-23H,6-14,16-17,19-21H2,1-5H3,(H,28,29)/b18-15+. The minimum Gasteiger partial charge on any atom is -0.481 e. The van der Waals surface area contributed by atoms with Crippen molar-refractivity contribution in [2.24, 2.45) is 17.3 Å². The number of hydrogen-bond donors (Lipinski definition) is 1. The number of aliphatic carboxylic acids is 1. The Labute approximate surface area is 185 Å². The number of carbonyl (C=O) groups excluding carboxylic acids is 1. The first-order chi connectivity index (χ1) is 14.2. The van der Waals surface area contributed by atoms with Crippen molar-refractivity contribution in [2.75, 3.05) is 7.11 Å². The van der Waals surface area contributed by atoms with E-state index in [0.717, 1.165) is 32.1 Å². The topological polar surface area (TPSA) is 63.6 Å². The Kier molecular flexibility index (Phi) is 16.6. The highest BCUT2D eigenvalue weighted by Gasteiger charge is 2.28. The number of carbonyl (C=O) groups is 2. The van der Waals surface area contributed by atoms with Crippen molar-refractivity contribution in [3.8, 4) is 0 Å². The monoisotopic (exact) mass is 424 g/mol. The molecule has 1 N–H and O–H groups in total. The third-order valence-corrected chi connectivity index (χ3v) is 5.77. The van der Waals surface area contributed by atoms with Crippen LogP contribution in [0.2, 0.25) is 0 Å². The molecule has 30 heavy (non-hydrogen) atoms. The van der Waals surface area contributed by atoms with Gasteiger partial charge in [-0.3, -0.25) is 9.59 Å². The molecule has 0 saturated heterocycles. The quantitative estimate of drug-likeness (QED) is 0.140. The Hall–Kier alpha value is -1.32. The summed E-state index contributed by atoms with van der Waals surface area (Å²) >= 11 is 0. The van der Waals surface area contributed by atoms with E-state index in [1.165, 1.54) is 58.5 Å². The fourth-order valence-electron chi connectivity index (χ4n) is 3.82. The molecule has 0 saturated carbocycles. The van der Waals surface area contributed by atoms with E-state index < -0.39 is 17.9 Å². The molecule has 2 unspecified atom stereocenters. The van der Waals surface area contributed by atoms with E-state index in [0.29, 0.717) is 5.41 Å². The first-order valence-corrected chi connectivity index (χ1v) is 12.2. The average Bonchev–Trinajstić information content (AvgIpc) is 2.68. The molecule has 0 aliphatic carbocycles. The van der Waals surface area contributed by atoms with Crippen molar-refractivity contribution in [3.05, 3.63) is 12.2 Å². The molecule has 0 aromatic carbocycles. The van der Waals surface area contributed by atoms with E-state index in [1.807, 2.05) is 0 Å². The molecular weight excluding hydrogens is 376 g/mol. The molecule has 0 heterocycles. The number of methoxy groups -OCH3 is 1. The zero-order chi connectivity index (χ0) is 22.8. The SMILES string of the molecule is CCCCCCC/C=C/C(CCCCCCCC(C)(C)C)C(CC(=O)OC)C(=O)O. The predicted octanol–water partition coefficient (Wildman–Crippen LogP) is 7.56. The third kappa shape index (κ3) is 16.5. The first kappa shape index (κ1) is 28.7. The minimum absolute atomic E-state index is 0.0527. The van der Waals surface area contributed by atoms with Crippen molar-refractivity contribution in [2.45, 2.75) is 118 Å². The molecule has 2 atom stereocenters. The van der Waals surface area contributed by atoms with Crippen LogP contribution in [-0.2, 0) is 14.3 Å². The van der Waals surface area contributed by atoms with Crippen LogP contribution in [0.1, 0.15) is 118 Å². The van der Waals surface area contributed by atoms with E-state index in [2.05, 4.69) is 39.8 Å². The lowest BCUT2D eigenvalue weighted by molar-refractivity contribution is -0.151. The Morgan fingerprint density at radius 2 is 1.53 bits per heavy atom. The van der Waals surface area contributed by atoms with Gasteiger partial charge >= 0.3 is 11.9 Å². The summed E-state index contributed by atoms with van der Waals surface area (Å²) < 4.78 is 4.73. The Balaban J connectivity index is 4.58.